The van der Waals surface area contributed by atoms with Crippen LogP contribution in [-0.2, 0) is 6.42 Å². The summed E-state index contributed by atoms with van der Waals surface area (Å²) in [5.74, 6) is -0.691. The topological polar surface area (TPSA) is 75.1 Å². The highest BCUT2D eigenvalue weighted by Crippen LogP contribution is 2.20. The molecule has 0 saturated carbocycles. The predicted octanol–water partition coefficient (Wildman–Crippen LogP) is 3.07. The van der Waals surface area contributed by atoms with Crippen molar-refractivity contribution in [3.63, 3.8) is 0 Å². The second-order valence-corrected chi connectivity index (χ2v) is 6.92. The SMILES string of the molecule is CC(CO)(Cc1ccccc1F)NC(=O)c1ccc(-c2csnn2)cc1. The third kappa shape index (κ3) is 4.12. The summed E-state index contributed by atoms with van der Waals surface area (Å²) in [6.07, 6.45) is 0.185. The summed E-state index contributed by atoms with van der Waals surface area (Å²) in [5, 5.41) is 18.4. The summed E-state index contributed by atoms with van der Waals surface area (Å²) in [4.78, 5) is 12.6. The quantitative estimate of drug-likeness (QED) is 0.698. The number of amides is 1. The minimum absolute atomic E-state index is 0.185. The van der Waals surface area contributed by atoms with Crippen molar-refractivity contribution in [3.8, 4) is 11.3 Å². The molecule has 1 unspecified atom stereocenters. The maximum absolute atomic E-state index is 13.9. The predicted molar refractivity (Wildman–Crippen MR) is 98.4 cm³/mol. The zero-order chi connectivity index (χ0) is 18.6. The largest absolute Gasteiger partial charge is 0.394 e. The Balaban J connectivity index is 1.73. The number of hydrogen-bond donors (Lipinski definition) is 2. The van der Waals surface area contributed by atoms with Crippen molar-refractivity contribution in [3.05, 3.63) is 70.9 Å². The molecule has 1 aromatic heterocycles. The number of hydrogen-bond acceptors (Lipinski definition) is 5. The molecular formula is C19H18FN3O2S. The molecule has 5 nitrogen and oxygen atoms in total. The van der Waals surface area contributed by atoms with E-state index in [-0.39, 0.29) is 24.8 Å². The number of carbonyl (C=O) groups excluding carboxylic acids is 1. The third-order valence-corrected chi connectivity index (χ3v) is 4.61. The number of carbonyl (C=O) groups is 1. The van der Waals surface area contributed by atoms with E-state index in [9.17, 15) is 14.3 Å². The van der Waals surface area contributed by atoms with E-state index >= 15 is 0 Å². The zero-order valence-corrected chi connectivity index (χ0v) is 15.0. The molecule has 7 heteroatoms. The van der Waals surface area contributed by atoms with Gasteiger partial charge in [0.05, 0.1) is 12.1 Å². The first-order valence-electron chi connectivity index (χ1n) is 8.05. The number of aliphatic hydroxyl groups excluding tert-OH is 1. The van der Waals surface area contributed by atoms with Crippen LogP contribution >= 0.6 is 11.5 Å². The summed E-state index contributed by atoms with van der Waals surface area (Å²) >= 11 is 1.26. The Kier molecular flexibility index (Phi) is 5.39. The van der Waals surface area contributed by atoms with Gasteiger partial charge in [-0.2, -0.15) is 0 Å². The molecule has 0 fully saturated rings. The number of rotatable bonds is 6. The lowest BCUT2D eigenvalue weighted by Crippen LogP contribution is -2.50. The number of aromatic nitrogens is 2. The smallest absolute Gasteiger partial charge is 0.251 e. The molecule has 3 aromatic rings. The van der Waals surface area contributed by atoms with E-state index in [1.54, 1.807) is 49.4 Å². The highest BCUT2D eigenvalue weighted by atomic mass is 32.1. The molecule has 0 saturated heterocycles. The van der Waals surface area contributed by atoms with Crippen molar-refractivity contribution in [2.24, 2.45) is 0 Å². The number of nitrogens with zero attached hydrogens (tertiary/aromatic N) is 2. The highest BCUT2D eigenvalue weighted by Gasteiger charge is 2.27. The Morgan fingerprint density at radius 3 is 2.58 bits per heavy atom. The molecule has 3 rings (SSSR count). The Bertz CT molecular complexity index is 884. The van der Waals surface area contributed by atoms with Crippen LogP contribution in [-0.4, -0.2) is 32.7 Å². The van der Waals surface area contributed by atoms with Gasteiger partial charge in [0.2, 0.25) is 0 Å². The van der Waals surface area contributed by atoms with Crippen LogP contribution in [0.25, 0.3) is 11.3 Å². The fraction of sp³-hybridized carbons (Fsp3) is 0.211. The fourth-order valence-corrected chi connectivity index (χ4v) is 3.10. The van der Waals surface area contributed by atoms with Crippen molar-refractivity contribution in [2.75, 3.05) is 6.61 Å². The molecule has 2 N–H and O–H groups in total. The van der Waals surface area contributed by atoms with Gasteiger partial charge in [-0.3, -0.25) is 4.79 Å². The molecule has 26 heavy (non-hydrogen) atoms. The first-order valence-corrected chi connectivity index (χ1v) is 8.89. The van der Waals surface area contributed by atoms with Crippen molar-refractivity contribution >= 4 is 17.4 Å². The van der Waals surface area contributed by atoms with Gasteiger partial charge in [0.25, 0.3) is 5.91 Å². The Morgan fingerprint density at radius 2 is 1.96 bits per heavy atom. The van der Waals surface area contributed by atoms with Gasteiger partial charge in [0.1, 0.15) is 11.5 Å². The second kappa shape index (κ2) is 7.72. The van der Waals surface area contributed by atoms with Crippen LogP contribution in [0, 0.1) is 5.82 Å². The molecule has 0 aliphatic rings. The Labute approximate surface area is 154 Å². The van der Waals surface area contributed by atoms with Crippen molar-refractivity contribution in [1.82, 2.24) is 14.9 Å². The average Bonchev–Trinajstić information content (AvgIpc) is 3.18. The summed E-state index contributed by atoms with van der Waals surface area (Å²) in [5.41, 5.74) is 1.53. The number of nitrogens with one attached hydrogen (secondary N) is 1. The van der Waals surface area contributed by atoms with Crippen LogP contribution in [0.15, 0.2) is 53.9 Å². The summed E-state index contributed by atoms with van der Waals surface area (Å²) < 4.78 is 17.7. The van der Waals surface area contributed by atoms with Gasteiger partial charge in [-0.15, -0.1) is 5.10 Å². The summed E-state index contributed by atoms with van der Waals surface area (Å²) in [6.45, 7) is 1.38. The molecule has 1 heterocycles. The number of halogens is 1. The summed E-state index contributed by atoms with van der Waals surface area (Å²) in [6, 6.07) is 13.3. The Morgan fingerprint density at radius 1 is 1.23 bits per heavy atom. The van der Waals surface area contributed by atoms with Crippen LogP contribution in [0.2, 0.25) is 0 Å². The molecule has 0 bridgehead atoms. The van der Waals surface area contributed by atoms with E-state index in [1.807, 2.05) is 5.38 Å². The van der Waals surface area contributed by atoms with Crippen LogP contribution in [0.5, 0.6) is 0 Å². The van der Waals surface area contributed by atoms with Crippen molar-refractivity contribution in [1.29, 1.82) is 0 Å². The minimum atomic E-state index is -0.975. The van der Waals surface area contributed by atoms with Gasteiger partial charge in [0.15, 0.2) is 0 Å². The monoisotopic (exact) mass is 371 g/mol. The van der Waals surface area contributed by atoms with Crippen LogP contribution in [0.3, 0.4) is 0 Å². The second-order valence-electron chi connectivity index (χ2n) is 6.31. The molecule has 1 atom stereocenters. The number of aliphatic hydroxyl groups is 1. The van der Waals surface area contributed by atoms with Gasteiger partial charge in [-0.1, -0.05) is 34.8 Å². The highest BCUT2D eigenvalue weighted by molar-refractivity contribution is 7.03. The maximum Gasteiger partial charge on any atom is 0.251 e. The molecule has 0 radical (unpaired) electrons. The number of benzene rings is 2. The summed E-state index contributed by atoms with van der Waals surface area (Å²) in [7, 11) is 0. The van der Waals surface area contributed by atoms with E-state index in [0.29, 0.717) is 11.1 Å². The van der Waals surface area contributed by atoms with E-state index in [0.717, 1.165) is 11.3 Å². The van der Waals surface area contributed by atoms with E-state index in [2.05, 4.69) is 14.9 Å². The van der Waals surface area contributed by atoms with Crippen molar-refractivity contribution < 1.29 is 14.3 Å². The van der Waals surface area contributed by atoms with Crippen LogP contribution < -0.4 is 5.32 Å². The van der Waals surface area contributed by atoms with E-state index in [1.165, 1.54) is 17.6 Å². The molecule has 134 valence electrons. The lowest BCUT2D eigenvalue weighted by Gasteiger charge is -2.29. The minimum Gasteiger partial charge on any atom is -0.394 e. The first-order chi connectivity index (χ1) is 12.5. The molecule has 1 amide bonds. The van der Waals surface area contributed by atoms with Gasteiger partial charge < -0.3 is 10.4 Å². The van der Waals surface area contributed by atoms with Crippen molar-refractivity contribution in [2.45, 2.75) is 18.9 Å². The van der Waals surface area contributed by atoms with Gasteiger partial charge in [0, 0.05) is 22.9 Å². The Hall–Kier alpha value is -2.64. The zero-order valence-electron chi connectivity index (χ0n) is 14.1. The fourth-order valence-electron chi connectivity index (χ4n) is 2.63. The van der Waals surface area contributed by atoms with Crippen LogP contribution in [0.4, 0.5) is 4.39 Å². The van der Waals surface area contributed by atoms with E-state index in [4.69, 9.17) is 0 Å². The maximum atomic E-state index is 13.9. The molecular weight excluding hydrogens is 353 g/mol. The lowest BCUT2D eigenvalue weighted by molar-refractivity contribution is 0.0851. The van der Waals surface area contributed by atoms with Crippen LogP contribution in [0.1, 0.15) is 22.8 Å². The first kappa shape index (κ1) is 18.2. The molecule has 0 aliphatic carbocycles. The average molecular weight is 371 g/mol. The normalized spacial score (nSPS) is 13.2. The standard InChI is InChI=1S/C19H18FN3O2S/c1-19(12-24,10-15-4-2-3-5-16(15)20)21-18(25)14-8-6-13(7-9-14)17-11-26-23-22-17/h2-9,11,24H,10,12H2,1H3,(H,21,25). The molecule has 0 aliphatic heterocycles. The van der Waals surface area contributed by atoms with E-state index < -0.39 is 5.54 Å². The third-order valence-electron chi connectivity index (χ3n) is 4.11. The lowest BCUT2D eigenvalue weighted by atomic mass is 9.92. The van der Waals surface area contributed by atoms with Gasteiger partial charge >= 0.3 is 0 Å². The molecule has 0 spiro atoms. The van der Waals surface area contributed by atoms with Gasteiger partial charge in [-0.25, -0.2) is 4.39 Å². The van der Waals surface area contributed by atoms with Gasteiger partial charge in [-0.05, 0) is 42.2 Å². The molecule has 2 aromatic carbocycles.